The molecule has 0 saturated heterocycles. The number of fused-ring (bicyclic) bond motifs is 4. The fourth-order valence-corrected chi connectivity index (χ4v) is 9.74. The first-order chi connectivity index (χ1) is 23.9. The fourth-order valence-electron chi connectivity index (χ4n) is 9.74. The average molecular weight is 838 g/mol. The van der Waals surface area contributed by atoms with Gasteiger partial charge >= 0.3 is 0 Å². The Bertz CT molecular complexity index is 2210. The maximum atomic E-state index is 6.55. The summed E-state index contributed by atoms with van der Waals surface area (Å²) in [6.07, 6.45) is 12.8. The summed E-state index contributed by atoms with van der Waals surface area (Å²) in [5.74, 6) is 5.59. The molecule has 0 atom stereocenters. The van der Waals surface area contributed by atoms with Crippen molar-refractivity contribution in [2.24, 2.45) is 23.7 Å². The van der Waals surface area contributed by atoms with Crippen molar-refractivity contribution in [2.45, 2.75) is 64.3 Å². The van der Waals surface area contributed by atoms with Gasteiger partial charge in [-0.25, -0.2) is 4.98 Å². The zero-order valence-corrected chi connectivity index (χ0v) is 30.9. The van der Waals surface area contributed by atoms with E-state index in [0.29, 0.717) is 17.5 Å². The molecule has 0 radical (unpaired) electrons. The minimum absolute atomic E-state index is 0. The zero-order chi connectivity index (χ0) is 32.9. The topological polar surface area (TPSA) is 46.4 Å². The van der Waals surface area contributed by atoms with Gasteiger partial charge in [0, 0.05) is 74.1 Å². The monoisotopic (exact) mass is 837 g/mol. The van der Waals surface area contributed by atoms with Gasteiger partial charge in [-0.2, -0.15) is 18.8 Å². The molecule has 7 heteroatoms. The van der Waals surface area contributed by atoms with Crippen molar-refractivity contribution < 1.29 is 25.8 Å². The summed E-state index contributed by atoms with van der Waals surface area (Å²) < 4.78 is 8.75. The summed E-state index contributed by atoms with van der Waals surface area (Å²) in [5.41, 5.74) is 6.59. The van der Waals surface area contributed by atoms with Crippen LogP contribution in [0.3, 0.4) is 0 Å². The van der Waals surface area contributed by atoms with Gasteiger partial charge in [0.15, 0.2) is 0 Å². The van der Waals surface area contributed by atoms with E-state index in [9.17, 15) is 0 Å². The number of nitrogens with zero attached hydrogens (tertiary/aromatic N) is 5. The van der Waals surface area contributed by atoms with E-state index in [1.807, 2.05) is 30.7 Å². The molecule has 0 amide bonds. The van der Waals surface area contributed by atoms with Crippen molar-refractivity contribution in [3.05, 3.63) is 116 Å². The van der Waals surface area contributed by atoms with Crippen molar-refractivity contribution in [3.63, 3.8) is 0 Å². The van der Waals surface area contributed by atoms with E-state index in [4.69, 9.17) is 9.72 Å². The van der Waals surface area contributed by atoms with Gasteiger partial charge in [0.05, 0.1) is 0 Å². The van der Waals surface area contributed by atoms with Gasteiger partial charge in [0.2, 0.25) is 0 Å². The number of hydrogen-bond acceptors (Lipinski definition) is 5. The quantitative estimate of drug-likeness (QED) is 0.162. The van der Waals surface area contributed by atoms with Crippen LogP contribution in [0.5, 0.6) is 11.5 Å². The van der Waals surface area contributed by atoms with Crippen LogP contribution < -0.4 is 14.5 Å². The molecule has 3 aromatic carbocycles. The van der Waals surface area contributed by atoms with Crippen molar-refractivity contribution in [1.29, 1.82) is 0 Å². The number of aromatic nitrogens is 3. The van der Waals surface area contributed by atoms with Crippen LogP contribution in [0, 0.1) is 42.5 Å². The second-order valence-corrected chi connectivity index (χ2v) is 15.8. The molecule has 0 N–H and O–H groups in total. The van der Waals surface area contributed by atoms with Gasteiger partial charge in [0.25, 0.3) is 0 Å². The number of pyridine rings is 2. The molecule has 4 bridgehead atoms. The first kappa shape index (κ1) is 31.8. The van der Waals surface area contributed by atoms with Gasteiger partial charge in [0.1, 0.15) is 5.82 Å². The van der Waals surface area contributed by atoms with Crippen LogP contribution in [0.4, 0.5) is 17.1 Å². The number of ether oxygens (including phenoxy) is 1. The summed E-state index contributed by atoms with van der Waals surface area (Å²) >= 11 is 0. The van der Waals surface area contributed by atoms with Crippen molar-refractivity contribution in [2.75, 3.05) is 9.80 Å². The maximum Gasteiger partial charge on any atom is 0.135 e. The van der Waals surface area contributed by atoms with E-state index < -0.39 is 0 Å². The molecule has 3 aromatic heterocycles. The molecular formula is C43H40N5OPt-3. The SMILES string of the molecule is CC(C)(C)c1ccnc(-n2c3[c-]c(Oc4[c-]c(N5[CH-]N(C6C7CC8CC(C7)CC6C8)c6cnccc65)ccc4)ccc3c3ccccc32)c1.[Pt]. The molecule has 0 unspecified atom stereocenters. The second-order valence-electron chi connectivity index (χ2n) is 15.8. The Morgan fingerprint density at radius 2 is 1.56 bits per heavy atom. The second kappa shape index (κ2) is 12.0. The molecule has 6 aromatic rings. The van der Waals surface area contributed by atoms with Crippen LogP contribution in [0.25, 0.3) is 27.6 Å². The van der Waals surface area contributed by atoms with Crippen LogP contribution in [0.15, 0.2) is 91.4 Å². The van der Waals surface area contributed by atoms with Crippen LogP contribution in [-0.4, -0.2) is 20.6 Å². The molecule has 50 heavy (non-hydrogen) atoms. The van der Waals surface area contributed by atoms with E-state index in [-0.39, 0.29) is 26.5 Å². The Balaban J connectivity index is 0.00000336. The van der Waals surface area contributed by atoms with Crippen LogP contribution in [-0.2, 0) is 26.5 Å². The number of hydrogen-bond donors (Lipinski definition) is 0. The van der Waals surface area contributed by atoms with Crippen LogP contribution in [0.1, 0.15) is 58.4 Å². The Labute approximate surface area is 308 Å². The van der Waals surface area contributed by atoms with E-state index >= 15 is 0 Å². The minimum Gasteiger partial charge on any atom is -0.509 e. The summed E-state index contributed by atoms with van der Waals surface area (Å²) in [4.78, 5) is 14.2. The molecule has 256 valence electrons. The Morgan fingerprint density at radius 3 is 2.36 bits per heavy atom. The third kappa shape index (κ3) is 5.16. The molecular weight excluding hydrogens is 798 g/mol. The average Bonchev–Trinajstić information content (AvgIpc) is 3.64. The standard InChI is InChI=1S/C43H40N5O.Pt/c1-43(2,3)31-13-16-45-41(22-31)48-37-10-5-4-9-35(37)36-12-11-34(24-39(36)48)49-33-8-6-7-32(23-33)46-26-47(40-25-44-15-14-38(40)46)42-29-18-27-17-28(20-29)21-30(42)19-27;/h4-16,22,25-30,42H,17-21H2,1-3H3;/q-3;. The molecule has 4 fully saturated rings. The summed E-state index contributed by atoms with van der Waals surface area (Å²) in [6, 6.07) is 33.0. The predicted octanol–water partition coefficient (Wildman–Crippen LogP) is 10.2. The first-order valence-electron chi connectivity index (χ1n) is 17.9. The molecule has 4 aliphatic carbocycles. The molecule has 0 spiro atoms. The van der Waals surface area contributed by atoms with E-state index in [2.05, 4.69) is 120 Å². The van der Waals surface area contributed by atoms with Gasteiger partial charge < -0.3 is 19.1 Å². The van der Waals surface area contributed by atoms with Crippen molar-refractivity contribution in [3.8, 4) is 17.3 Å². The maximum absolute atomic E-state index is 6.55. The normalized spacial score (nSPS) is 23.8. The molecule has 4 saturated carbocycles. The molecule has 11 rings (SSSR count). The molecule has 5 aliphatic rings. The molecule has 1 aliphatic heterocycles. The number of anilines is 3. The Kier molecular flexibility index (Phi) is 7.62. The zero-order valence-electron chi connectivity index (χ0n) is 28.6. The van der Waals surface area contributed by atoms with Crippen LogP contribution >= 0.6 is 0 Å². The van der Waals surface area contributed by atoms with Gasteiger partial charge in [-0.3, -0.25) is 4.98 Å². The third-order valence-corrected chi connectivity index (χ3v) is 11.7. The third-order valence-electron chi connectivity index (χ3n) is 11.7. The minimum atomic E-state index is 0. The molecule has 6 nitrogen and oxygen atoms in total. The predicted molar refractivity (Wildman–Crippen MR) is 195 cm³/mol. The summed E-state index contributed by atoms with van der Waals surface area (Å²) in [5, 5.41) is 2.28. The number of para-hydroxylation sites is 1. The van der Waals surface area contributed by atoms with Crippen molar-refractivity contribution in [1.82, 2.24) is 14.5 Å². The van der Waals surface area contributed by atoms with Gasteiger partial charge in [-0.05, 0) is 96.4 Å². The van der Waals surface area contributed by atoms with E-state index in [1.54, 1.807) is 0 Å². The first-order valence-corrected chi connectivity index (χ1v) is 17.9. The largest absolute Gasteiger partial charge is 0.509 e. The number of benzene rings is 3. The van der Waals surface area contributed by atoms with E-state index in [0.717, 1.165) is 57.3 Å². The van der Waals surface area contributed by atoms with E-state index in [1.165, 1.54) is 48.7 Å². The smallest absolute Gasteiger partial charge is 0.135 e. The van der Waals surface area contributed by atoms with Gasteiger partial charge in [-0.15, -0.1) is 41.4 Å². The van der Waals surface area contributed by atoms with Crippen LogP contribution in [0.2, 0.25) is 0 Å². The van der Waals surface area contributed by atoms with Crippen molar-refractivity contribution >= 4 is 38.9 Å². The number of rotatable bonds is 5. The Morgan fingerprint density at radius 1 is 0.780 bits per heavy atom. The summed E-state index contributed by atoms with van der Waals surface area (Å²) in [6.45, 7) is 9.01. The summed E-state index contributed by atoms with van der Waals surface area (Å²) in [7, 11) is 0. The molecule has 4 heterocycles. The Hall–Kier alpha value is -4.15. The van der Waals surface area contributed by atoms with Gasteiger partial charge in [-0.1, -0.05) is 44.5 Å². The fraction of sp³-hybridized carbons (Fsp3) is 0.326.